The van der Waals surface area contributed by atoms with E-state index in [2.05, 4.69) is 16.0 Å². The molecule has 0 saturated carbocycles. The van der Waals surface area contributed by atoms with Crippen LogP contribution in [0.3, 0.4) is 0 Å². The van der Waals surface area contributed by atoms with Crippen LogP contribution in [-0.2, 0) is 61.8 Å². The summed E-state index contributed by atoms with van der Waals surface area (Å²) >= 11 is 0. The number of hydrogen-bond acceptors (Lipinski definition) is 12. The first-order valence-electron chi connectivity index (χ1n) is 19.4. The predicted octanol–water partition coefficient (Wildman–Crippen LogP) is 5.31. The molecule has 3 aromatic carbocycles. The minimum Gasteiger partial charge on any atom is -0.624 e. The Morgan fingerprint density at radius 3 is 0.897 bits per heavy atom. The van der Waals surface area contributed by atoms with Crippen molar-refractivity contribution in [2.45, 2.75) is 78.9 Å². The number of amides is 3. The second kappa shape index (κ2) is 24.6. The van der Waals surface area contributed by atoms with E-state index in [1.165, 1.54) is 0 Å². The van der Waals surface area contributed by atoms with Gasteiger partial charge in [-0.25, -0.2) is 14.4 Å². The molecule has 0 aliphatic heterocycles. The summed E-state index contributed by atoms with van der Waals surface area (Å²) in [5.74, 6) is -3.38. The number of hydrogen-bond donors (Lipinski definition) is 3. The molecule has 3 rings (SSSR count). The number of alkyl carbamates (subject to hydrolysis) is 3. The normalized spacial score (nSPS) is 12.5. The third-order valence-electron chi connectivity index (χ3n) is 8.00. The molecule has 314 valence electrons. The monoisotopic (exact) mass is 804 g/mol. The zero-order valence-corrected chi connectivity index (χ0v) is 34.0. The quantitative estimate of drug-likeness (QED) is 0.0930. The van der Waals surface area contributed by atoms with Crippen molar-refractivity contribution in [1.82, 2.24) is 16.0 Å². The highest BCUT2D eigenvalue weighted by atomic mass is 16.8. The Labute approximate surface area is 340 Å². The summed E-state index contributed by atoms with van der Waals surface area (Å²) in [7, 11) is -3.51. The third kappa shape index (κ3) is 18.3. The summed E-state index contributed by atoms with van der Waals surface area (Å²) in [5, 5.41) is 7.47. The van der Waals surface area contributed by atoms with Crippen LogP contribution in [-0.4, -0.2) is 81.5 Å². The van der Waals surface area contributed by atoms with Gasteiger partial charge in [0.05, 0.1) is 19.8 Å². The van der Waals surface area contributed by atoms with E-state index in [0.717, 1.165) is 0 Å². The summed E-state index contributed by atoms with van der Waals surface area (Å²) in [6.07, 6.45) is -2.97. The number of rotatable bonds is 21. The fraction of sp³-hybridized carbons (Fsp3) is 0.429. The van der Waals surface area contributed by atoms with Crippen molar-refractivity contribution < 1.29 is 56.9 Å². The Balaban J connectivity index is 1.97. The first-order chi connectivity index (χ1) is 27.7. The number of ether oxygens (including phenoxy) is 3. The minimum atomic E-state index is -3.51. The highest BCUT2D eigenvalue weighted by Gasteiger charge is 2.32. The van der Waals surface area contributed by atoms with Gasteiger partial charge in [0.15, 0.2) is 0 Å². The van der Waals surface area contributed by atoms with E-state index in [-0.39, 0.29) is 56.8 Å². The molecule has 0 spiro atoms. The first kappa shape index (κ1) is 46.3. The second-order valence-electron chi connectivity index (χ2n) is 14.9. The van der Waals surface area contributed by atoms with Crippen LogP contribution in [0.15, 0.2) is 91.0 Å². The Kier molecular flexibility index (Phi) is 19.6. The van der Waals surface area contributed by atoms with E-state index in [0.29, 0.717) is 16.7 Å². The van der Waals surface area contributed by atoms with E-state index in [1.54, 1.807) is 91.0 Å². The third-order valence-corrected chi connectivity index (χ3v) is 8.00. The van der Waals surface area contributed by atoms with Gasteiger partial charge in [0, 0.05) is 19.3 Å². The molecule has 3 aromatic rings. The van der Waals surface area contributed by atoms with Crippen LogP contribution >= 0.6 is 0 Å². The number of nitrogens with one attached hydrogen (secondary N) is 3. The molecule has 0 radical (unpaired) electrons. The Hall–Kier alpha value is -6.06. The summed E-state index contributed by atoms with van der Waals surface area (Å²) in [5.41, 5.74) is 1.90. The molecule has 0 aliphatic carbocycles. The lowest BCUT2D eigenvalue weighted by atomic mass is 10.0. The smallest absolute Gasteiger partial charge is 0.541 e. The molecular formula is C42H55BN3O12-. The van der Waals surface area contributed by atoms with Gasteiger partial charge < -0.3 is 44.1 Å². The molecule has 0 aliphatic rings. The average molecular weight is 805 g/mol. The highest BCUT2D eigenvalue weighted by molar-refractivity contribution is 6.44. The van der Waals surface area contributed by atoms with Crippen LogP contribution < -0.4 is 16.0 Å². The molecule has 15 nitrogen and oxygen atoms in total. The maximum atomic E-state index is 13.9. The van der Waals surface area contributed by atoms with Gasteiger partial charge in [-0.3, -0.25) is 14.4 Å². The lowest BCUT2D eigenvalue weighted by Crippen LogP contribution is -2.51. The number of carbonyl (C=O) groups excluding carboxylic acids is 6. The zero-order valence-electron chi connectivity index (χ0n) is 34.0. The Morgan fingerprint density at radius 2 is 0.672 bits per heavy atom. The van der Waals surface area contributed by atoms with Gasteiger partial charge >= 0.3 is 25.6 Å². The summed E-state index contributed by atoms with van der Waals surface area (Å²) in [6, 6.07) is 21.9. The van der Waals surface area contributed by atoms with Gasteiger partial charge in [-0.2, -0.15) is 0 Å². The van der Waals surface area contributed by atoms with Gasteiger partial charge in [-0.15, -0.1) is 0 Å². The summed E-state index contributed by atoms with van der Waals surface area (Å²) in [6.45, 7) is 11.2. The van der Waals surface area contributed by atoms with Crippen molar-refractivity contribution in [2.75, 3.05) is 19.8 Å². The van der Waals surface area contributed by atoms with Gasteiger partial charge in [-0.05, 0) is 34.4 Å². The standard InChI is InChI=1S/C42H55BN3O12/c1-28(2)25-53-40(50)44-34(22-31-16-10-7-11-17-31)37(47)56-43(57-38(48)35(23-32-18-12-8-13-19-32)45-41(51)54-26-29(3)4)58-39(49)36(24-33-20-14-9-15-21-33)46-42(52)55-27-30(5)6/h7-21,28-30,34-36,43H,22-27H2,1-6H3,(H,44,50)(H,45,51)(H,46,52)/q-1/t34-,35-,36-/m0/s1. The fourth-order valence-electron chi connectivity index (χ4n) is 5.15. The molecule has 0 aromatic heterocycles. The van der Waals surface area contributed by atoms with Crippen LogP contribution in [0.4, 0.5) is 14.4 Å². The van der Waals surface area contributed by atoms with E-state index in [9.17, 15) is 28.8 Å². The lowest BCUT2D eigenvalue weighted by molar-refractivity contribution is -0.150. The van der Waals surface area contributed by atoms with Crippen molar-refractivity contribution in [3.8, 4) is 0 Å². The van der Waals surface area contributed by atoms with Crippen LogP contribution in [0.2, 0.25) is 0 Å². The molecule has 16 heteroatoms. The molecular weight excluding hydrogens is 749 g/mol. The zero-order chi connectivity index (χ0) is 42.5. The molecule has 0 fully saturated rings. The SMILES string of the molecule is CC(C)COC(=O)N[C@@H](Cc1ccccc1)C(=O)O[BH-](OC(=O)[C@H](Cc1ccccc1)NC(=O)OCC(C)C)OC(=O)[C@H](Cc1ccccc1)NC(=O)OCC(C)C. The minimum absolute atomic E-state index is 0.00174. The molecule has 0 heterocycles. The largest absolute Gasteiger partial charge is 0.624 e. The molecule has 3 atom stereocenters. The van der Waals surface area contributed by atoms with Crippen LogP contribution in [0.5, 0.6) is 0 Å². The maximum Gasteiger partial charge on any atom is 0.541 e. The molecule has 0 saturated heterocycles. The van der Waals surface area contributed by atoms with Crippen LogP contribution in [0.1, 0.15) is 58.2 Å². The second-order valence-corrected chi connectivity index (χ2v) is 14.9. The lowest BCUT2D eigenvalue weighted by Gasteiger charge is -2.33. The fourth-order valence-corrected chi connectivity index (χ4v) is 5.15. The predicted molar refractivity (Wildman–Crippen MR) is 215 cm³/mol. The average Bonchev–Trinajstić information content (AvgIpc) is 3.18. The summed E-state index contributed by atoms with van der Waals surface area (Å²) < 4.78 is 32.6. The molecule has 3 amide bonds. The van der Waals surface area contributed by atoms with Crippen molar-refractivity contribution in [2.24, 2.45) is 17.8 Å². The Bertz CT molecular complexity index is 1540. The van der Waals surface area contributed by atoms with E-state index in [4.69, 9.17) is 28.2 Å². The highest BCUT2D eigenvalue weighted by Crippen LogP contribution is 2.13. The van der Waals surface area contributed by atoms with Crippen molar-refractivity contribution in [3.05, 3.63) is 108 Å². The van der Waals surface area contributed by atoms with Crippen LogP contribution in [0.25, 0.3) is 0 Å². The molecule has 0 unspecified atom stereocenters. The number of benzene rings is 3. The molecule has 58 heavy (non-hydrogen) atoms. The van der Waals surface area contributed by atoms with Crippen molar-refractivity contribution in [3.63, 3.8) is 0 Å². The van der Waals surface area contributed by atoms with Crippen molar-refractivity contribution in [1.29, 1.82) is 0 Å². The van der Waals surface area contributed by atoms with Crippen LogP contribution in [0, 0.1) is 17.8 Å². The van der Waals surface area contributed by atoms with Crippen molar-refractivity contribution >= 4 is 43.5 Å². The van der Waals surface area contributed by atoms with Gasteiger partial charge in [0.25, 0.3) is 17.9 Å². The molecule has 0 bridgehead atoms. The topological polar surface area (TPSA) is 194 Å². The Morgan fingerprint density at radius 1 is 0.431 bits per heavy atom. The van der Waals surface area contributed by atoms with E-state index in [1.807, 2.05) is 41.5 Å². The molecule has 3 N–H and O–H groups in total. The van der Waals surface area contributed by atoms with Gasteiger partial charge in [0.1, 0.15) is 18.1 Å². The first-order valence-corrected chi connectivity index (χ1v) is 19.4. The summed E-state index contributed by atoms with van der Waals surface area (Å²) in [4.78, 5) is 80.2. The maximum absolute atomic E-state index is 13.9. The van der Waals surface area contributed by atoms with E-state index < -0.39 is 61.6 Å². The van der Waals surface area contributed by atoms with Gasteiger partial charge in [-0.1, -0.05) is 133 Å². The van der Waals surface area contributed by atoms with Gasteiger partial charge in [0.2, 0.25) is 0 Å². The number of carbonyl (C=O) groups is 6. The van der Waals surface area contributed by atoms with E-state index >= 15 is 0 Å².